The van der Waals surface area contributed by atoms with Gasteiger partial charge in [-0.2, -0.15) is 13.2 Å². The molecule has 0 aromatic heterocycles. The average Bonchev–Trinajstić information content (AvgIpc) is 2.53. The van der Waals surface area contributed by atoms with Crippen molar-refractivity contribution < 1.29 is 17.9 Å². The van der Waals surface area contributed by atoms with Gasteiger partial charge in [-0.25, -0.2) is 0 Å². The lowest BCUT2D eigenvalue weighted by atomic mass is 9.72. The van der Waals surface area contributed by atoms with Gasteiger partial charge in [-0.15, -0.1) is 0 Å². The van der Waals surface area contributed by atoms with Gasteiger partial charge in [0.1, 0.15) is 5.75 Å². The fourth-order valence-electron chi connectivity index (χ4n) is 3.71. The van der Waals surface area contributed by atoms with Gasteiger partial charge in [-0.05, 0) is 72.1 Å². The molecule has 0 spiro atoms. The van der Waals surface area contributed by atoms with Crippen LogP contribution in [-0.4, -0.2) is 6.10 Å². The molecule has 136 valence electrons. The Kier molecular flexibility index (Phi) is 4.74. The van der Waals surface area contributed by atoms with E-state index in [1.54, 1.807) is 12.1 Å². The van der Waals surface area contributed by atoms with Crippen molar-refractivity contribution in [2.75, 3.05) is 0 Å². The summed E-state index contributed by atoms with van der Waals surface area (Å²) in [6.07, 6.45) is 0.285. The second-order valence-corrected chi connectivity index (χ2v) is 8.18. The van der Waals surface area contributed by atoms with Crippen LogP contribution in [0, 0.1) is 11.3 Å². The number of hydrogen-bond acceptors (Lipinski definition) is 1. The van der Waals surface area contributed by atoms with Crippen LogP contribution in [0.15, 0.2) is 36.4 Å². The van der Waals surface area contributed by atoms with Crippen molar-refractivity contribution in [3.8, 4) is 5.75 Å². The Balaban J connectivity index is 1.69. The van der Waals surface area contributed by atoms with Crippen molar-refractivity contribution in [2.24, 2.45) is 11.3 Å². The third-order valence-electron chi connectivity index (χ3n) is 5.34. The number of fused-ring (bicyclic) bond motifs is 1. The molecule has 0 bridgehead atoms. The molecule has 0 unspecified atom stereocenters. The number of rotatable bonds is 2. The molecule has 1 fully saturated rings. The van der Waals surface area contributed by atoms with Gasteiger partial charge in [-0.1, -0.05) is 32.9 Å². The van der Waals surface area contributed by atoms with Gasteiger partial charge in [-0.3, -0.25) is 0 Å². The van der Waals surface area contributed by atoms with E-state index in [0.717, 1.165) is 48.8 Å². The van der Waals surface area contributed by atoms with Crippen LogP contribution in [0.1, 0.15) is 52.0 Å². The summed E-state index contributed by atoms with van der Waals surface area (Å²) in [7, 11) is 0. The monoisotopic (exact) mass is 350 g/mol. The van der Waals surface area contributed by atoms with Gasteiger partial charge in [0.2, 0.25) is 0 Å². The second kappa shape index (κ2) is 6.54. The van der Waals surface area contributed by atoms with E-state index in [9.17, 15) is 13.2 Å². The Morgan fingerprint density at radius 1 is 0.840 bits per heavy atom. The smallest absolute Gasteiger partial charge is 0.416 e. The Morgan fingerprint density at radius 2 is 1.44 bits per heavy atom. The quantitative estimate of drug-likeness (QED) is 0.576. The van der Waals surface area contributed by atoms with E-state index in [4.69, 9.17) is 4.74 Å². The molecule has 1 nitrogen and oxygen atoms in total. The number of benzene rings is 2. The van der Waals surface area contributed by atoms with E-state index in [-0.39, 0.29) is 6.10 Å². The first-order valence-corrected chi connectivity index (χ1v) is 8.90. The molecule has 0 radical (unpaired) electrons. The van der Waals surface area contributed by atoms with Crippen LogP contribution in [0.5, 0.6) is 5.75 Å². The first-order chi connectivity index (χ1) is 11.6. The summed E-state index contributed by atoms with van der Waals surface area (Å²) in [6, 6.07) is 9.15. The van der Waals surface area contributed by atoms with Gasteiger partial charge in [0.15, 0.2) is 0 Å². The molecule has 0 amide bonds. The summed E-state index contributed by atoms with van der Waals surface area (Å²) >= 11 is 0. The van der Waals surface area contributed by atoms with Crippen LogP contribution < -0.4 is 4.74 Å². The molecule has 1 aliphatic carbocycles. The van der Waals surface area contributed by atoms with Crippen molar-refractivity contribution in [1.82, 2.24) is 0 Å². The van der Waals surface area contributed by atoms with Gasteiger partial charge < -0.3 is 4.74 Å². The highest BCUT2D eigenvalue weighted by Crippen LogP contribution is 2.39. The zero-order valence-corrected chi connectivity index (χ0v) is 15.0. The summed E-state index contributed by atoms with van der Waals surface area (Å²) in [6.45, 7) is 6.87. The normalized spacial score (nSPS) is 22.2. The van der Waals surface area contributed by atoms with Crippen molar-refractivity contribution in [1.29, 1.82) is 0 Å². The second-order valence-electron chi connectivity index (χ2n) is 8.18. The maximum Gasteiger partial charge on any atom is 0.416 e. The van der Waals surface area contributed by atoms with Crippen LogP contribution in [-0.2, 0) is 6.18 Å². The molecular weight excluding hydrogens is 325 g/mol. The number of hydrogen-bond donors (Lipinski definition) is 0. The van der Waals surface area contributed by atoms with E-state index in [1.165, 1.54) is 12.1 Å². The number of halogens is 3. The summed E-state index contributed by atoms with van der Waals surface area (Å²) < 4.78 is 44.5. The van der Waals surface area contributed by atoms with E-state index < -0.39 is 11.7 Å². The average molecular weight is 350 g/mol. The minimum atomic E-state index is -4.31. The van der Waals surface area contributed by atoms with Crippen LogP contribution in [0.3, 0.4) is 0 Å². The predicted molar refractivity (Wildman–Crippen MR) is 94.8 cm³/mol. The molecule has 25 heavy (non-hydrogen) atoms. The first-order valence-electron chi connectivity index (χ1n) is 8.90. The molecule has 4 heteroatoms. The molecule has 3 rings (SSSR count). The fourth-order valence-corrected chi connectivity index (χ4v) is 3.71. The first kappa shape index (κ1) is 18.1. The largest absolute Gasteiger partial charge is 0.490 e. The number of alkyl halides is 3. The Morgan fingerprint density at radius 3 is 2.04 bits per heavy atom. The van der Waals surface area contributed by atoms with Crippen molar-refractivity contribution in [3.63, 3.8) is 0 Å². The predicted octanol–water partition coefficient (Wildman–Crippen LogP) is 6.84. The third kappa shape index (κ3) is 4.28. The maximum atomic E-state index is 12.8. The van der Waals surface area contributed by atoms with Crippen LogP contribution in [0.4, 0.5) is 13.2 Å². The molecular formula is C21H25F3O. The summed E-state index contributed by atoms with van der Waals surface area (Å²) in [5.41, 5.74) is -0.279. The van der Waals surface area contributed by atoms with Crippen LogP contribution in [0.2, 0.25) is 0 Å². The zero-order valence-electron chi connectivity index (χ0n) is 15.0. The van der Waals surface area contributed by atoms with E-state index in [1.807, 2.05) is 6.07 Å². The molecule has 0 heterocycles. The Labute approximate surface area is 147 Å². The standard InChI is InChI=1S/C21H25F3O/c1-20(2,3)16-7-10-18(11-8-16)25-19-9-5-14-12-17(21(22,23)24)6-4-15(14)13-19/h4-6,9,12-13,16,18H,7-8,10-11H2,1-3H3. The molecule has 0 N–H and O–H groups in total. The Bertz CT molecular complexity index is 735. The van der Waals surface area contributed by atoms with Crippen molar-refractivity contribution in [2.45, 2.75) is 58.7 Å². The van der Waals surface area contributed by atoms with Crippen LogP contribution >= 0.6 is 0 Å². The van der Waals surface area contributed by atoms with Gasteiger partial charge in [0.25, 0.3) is 0 Å². The molecule has 2 aromatic carbocycles. The lowest BCUT2D eigenvalue weighted by Gasteiger charge is -2.37. The molecule has 1 saturated carbocycles. The molecule has 1 aliphatic rings. The summed E-state index contributed by atoms with van der Waals surface area (Å²) in [4.78, 5) is 0. The van der Waals surface area contributed by atoms with Gasteiger partial charge >= 0.3 is 6.18 Å². The lowest BCUT2D eigenvalue weighted by molar-refractivity contribution is -0.137. The lowest BCUT2D eigenvalue weighted by Crippen LogP contribution is -2.30. The van der Waals surface area contributed by atoms with Crippen molar-refractivity contribution >= 4 is 10.8 Å². The number of ether oxygens (including phenoxy) is 1. The Hall–Kier alpha value is -1.71. The van der Waals surface area contributed by atoms with Crippen molar-refractivity contribution in [3.05, 3.63) is 42.0 Å². The topological polar surface area (TPSA) is 9.23 Å². The third-order valence-corrected chi connectivity index (χ3v) is 5.34. The highest BCUT2D eigenvalue weighted by Gasteiger charge is 2.31. The van der Waals surface area contributed by atoms with Crippen LogP contribution in [0.25, 0.3) is 10.8 Å². The summed E-state index contributed by atoms with van der Waals surface area (Å²) in [5.74, 6) is 1.47. The summed E-state index contributed by atoms with van der Waals surface area (Å²) in [5, 5.41) is 1.35. The van der Waals surface area contributed by atoms with E-state index in [0.29, 0.717) is 10.8 Å². The van der Waals surface area contributed by atoms with Gasteiger partial charge in [0.05, 0.1) is 11.7 Å². The van der Waals surface area contributed by atoms with E-state index in [2.05, 4.69) is 20.8 Å². The molecule has 0 aliphatic heterocycles. The highest BCUT2D eigenvalue weighted by atomic mass is 19.4. The molecule has 0 atom stereocenters. The minimum Gasteiger partial charge on any atom is -0.490 e. The molecule has 2 aromatic rings. The molecule has 0 saturated heterocycles. The van der Waals surface area contributed by atoms with E-state index >= 15 is 0 Å². The zero-order chi connectivity index (χ0) is 18.2. The minimum absolute atomic E-state index is 0.200. The SMILES string of the molecule is CC(C)(C)C1CCC(Oc2ccc3cc(C(F)(F)F)ccc3c2)CC1. The van der Waals surface area contributed by atoms with Gasteiger partial charge in [0, 0.05) is 0 Å². The maximum absolute atomic E-state index is 12.8. The highest BCUT2D eigenvalue weighted by molar-refractivity contribution is 5.84. The fraction of sp³-hybridized carbons (Fsp3) is 0.524.